The van der Waals surface area contributed by atoms with Crippen molar-refractivity contribution in [3.8, 4) is 0 Å². The molecule has 3 aromatic carbocycles. The van der Waals surface area contributed by atoms with E-state index in [0.717, 1.165) is 47.1 Å². The van der Waals surface area contributed by atoms with Crippen molar-refractivity contribution < 1.29 is 4.79 Å². The molecule has 1 unspecified atom stereocenters. The number of amidine groups is 1. The van der Waals surface area contributed by atoms with Crippen molar-refractivity contribution in [1.82, 2.24) is 4.90 Å². The second-order valence-corrected chi connectivity index (χ2v) is 12.4. The van der Waals surface area contributed by atoms with Crippen LogP contribution in [-0.4, -0.2) is 34.6 Å². The van der Waals surface area contributed by atoms with Crippen LogP contribution in [0.3, 0.4) is 0 Å². The highest BCUT2D eigenvalue weighted by Gasteiger charge is 2.37. The Balaban J connectivity index is 1.49. The molecule has 1 amide bonds. The molecule has 5 rings (SSSR count). The molecule has 4 nitrogen and oxygen atoms in total. The molecule has 2 aliphatic rings. The normalized spacial score (nSPS) is 20.6. The first kappa shape index (κ1) is 27.3. The zero-order valence-electron chi connectivity index (χ0n) is 23.8. The van der Waals surface area contributed by atoms with E-state index in [-0.39, 0.29) is 11.4 Å². The van der Waals surface area contributed by atoms with Crippen molar-refractivity contribution in [2.75, 3.05) is 18.0 Å². The lowest BCUT2D eigenvalue weighted by Crippen LogP contribution is -2.48. The van der Waals surface area contributed by atoms with Crippen LogP contribution >= 0.6 is 11.8 Å². The van der Waals surface area contributed by atoms with E-state index >= 15 is 0 Å². The van der Waals surface area contributed by atoms with Crippen LogP contribution in [0, 0.1) is 6.92 Å². The highest BCUT2D eigenvalue weighted by atomic mass is 32.2. The van der Waals surface area contributed by atoms with Crippen LogP contribution in [0.5, 0.6) is 0 Å². The Morgan fingerprint density at radius 3 is 2.41 bits per heavy atom. The van der Waals surface area contributed by atoms with E-state index in [4.69, 9.17) is 4.99 Å². The number of carbonyl (C=O) groups is 1. The number of benzene rings is 3. The number of nitrogens with zero attached hydrogens (tertiary/aromatic N) is 3. The molecule has 39 heavy (non-hydrogen) atoms. The van der Waals surface area contributed by atoms with E-state index in [1.807, 2.05) is 53.4 Å². The maximum absolute atomic E-state index is 13.8. The molecule has 0 aromatic heterocycles. The fourth-order valence-electron chi connectivity index (χ4n) is 5.88. The standard InChI is InChI=1S/C34H39N3OS/c1-6-18-37-30-20-24(2)27(21-29(30)25(3)23-34(37,4)5)22-31-32(38)36(19-17-26-13-9-7-10-14-26)33(39-31)35-28-15-11-8-12-16-28/h7-16,20-22,25H,6,17-19,23H2,1-5H3/b31-22+,35-33?. The summed E-state index contributed by atoms with van der Waals surface area (Å²) in [4.78, 5) is 23.8. The molecule has 2 aliphatic heterocycles. The van der Waals surface area contributed by atoms with Gasteiger partial charge in [0, 0.05) is 24.3 Å². The highest BCUT2D eigenvalue weighted by molar-refractivity contribution is 8.18. The van der Waals surface area contributed by atoms with Gasteiger partial charge in [-0.25, -0.2) is 4.99 Å². The van der Waals surface area contributed by atoms with E-state index in [9.17, 15) is 4.79 Å². The van der Waals surface area contributed by atoms with Crippen molar-refractivity contribution >= 4 is 40.3 Å². The Morgan fingerprint density at radius 2 is 1.72 bits per heavy atom. The van der Waals surface area contributed by atoms with Crippen molar-refractivity contribution in [3.63, 3.8) is 0 Å². The molecule has 1 saturated heterocycles. The largest absolute Gasteiger partial charge is 0.366 e. The predicted octanol–water partition coefficient (Wildman–Crippen LogP) is 8.34. The molecule has 1 atom stereocenters. The number of carbonyl (C=O) groups excluding carboxylic acids is 1. The summed E-state index contributed by atoms with van der Waals surface area (Å²) in [7, 11) is 0. The number of fused-ring (bicyclic) bond motifs is 1. The van der Waals surface area contributed by atoms with E-state index in [1.165, 1.54) is 34.1 Å². The lowest BCUT2D eigenvalue weighted by atomic mass is 9.79. The number of thioether (sulfide) groups is 1. The number of aryl methyl sites for hydroxylation is 1. The SMILES string of the molecule is CCCN1c2cc(C)c(/C=C3/SC(=Nc4ccccc4)N(CCc4ccccc4)C3=O)cc2C(C)CC1(C)C. The summed E-state index contributed by atoms with van der Waals surface area (Å²) in [5.41, 5.74) is 7.26. The van der Waals surface area contributed by atoms with Gasteiger partial charge in [0.2, 0.25) is 0 Å². The van der Waals surface area contributed by atoms with Crippen LogP contribution in [0.15, 0.2) is 82.7 Å². The third-order valence-electron chi connectivity index (χ3n) is 7.84. The first-order valence-electron chi connectivity index (χ1n) is 14.1. The fourth-order valence-corrected chi connectivity index (χ4v) is 6.90. The second kappa shape index (κ2) is 11.4. The third kappa shape index (κ3) is 5.84. The molecule has 1 fully saturated rings. The molecule has 5 heteroatoms. The Kier molecular flexibility index (Phi) is 7.99. The first-order valence-corrected chi connectivity index (χ1v) is 14.9. The summed E-state index contributed by atoms with van der Waals surface area (Å²) in [6.07, 6.45) is 5.11. The minimum absolute atomic E-state index is 0.0320. The van der Waals surface area contributed by atoms with Gasteiger partial charge in [0.05, 0.1) is 10.6 Å². The summed E-state index contributed by atoms with van der Waals surface area (Å²) in [5.74, 6) is 0.495. The van der Waals surface area contributed by atoms with Crippen LogP contribution in [-0.2, 0) is 11.2 Å². The zero-order valence-corrected chi connectivity index (χ0v) is 24.6. The minimum atomic E-state index is 0.0320. The summed E-state index contributed by atoms with van der Waals surface area (Å²) in [6, 6.07) is 24.9. The lowest BCUT2D eigenvalue weighted by molar-refractivity contribution is -0.122. The smallest absolute Gasteiger partial charge is 0.266 e. The van der Waals surface area contributed by atoms with Gasteiger partial charge in [-0.3, -0.25) is 9.69 Å². The van der Waals surface area contributed by atoms with Crippen LogP contribution in [0.1, 0.15) is 68.7 Å². The van der Waals surface area contributed by atoms with Crippen molar-refractivity contribution in [2.45, 2.75) is 65.3 Å². The van der Waals surface area contributed by atoms with Gasteiger partial charge in [-0.1, -0.05) is 62.4 Å². The van der Waals surface area contributed by atoms with Gasteiger partial charge < -0.3 is 4.90 Å². The highest BCUT2D eigenvalue weighted by Crippen LogP contribution is 2.45. The Bertz CT molecular complexity index is 1390. The van der Waals surface area contributed by atoms with Gasteiger partial charge in [0.15, 0.2) is 5.17 Å². The molecule has 0 N–H and O–H groups in total. The molecule has 0 aliphatic carbocycles. The fraction of sp³-hybridized carbons (Fsp3) is 0.353. The predicted molar refractivity (Wildman–Crippen MR) is 167 cm³/mol. The average Bonchev–Trinajstić information content (AvgIpc) is 3.20. The molecule has 0 bridgehead atoms. The summed E-state index contributed by atoms with van der Waals surface area (Å²) in [5, 5.41) is 0.744. The second-order valence-electron chi connectivity index (χ2n) is 11.4. The quantitative estimate of drug-likeness (QED) is 0.284. The molecule has 0 spiro atoms. The van der Waals surface area contributed by atoms with E-state index in [0.29, 0.717) is 12.5 Å². The number of hydrogen-bond acceptors (Lipinski definition) is 4. The maximum Gasteiger partial charge on any atom is 0.266 e. The topological polar surface area (TPSA) is 35.9 Å². The molecule has 3 aromatic rings. The molecular weight excluding hydrogens is 498 g/mol. The summed E-state index contributed by atoms with van der Waals surface area (Å²) < 4.78 is 0. The number of para-hydroxylation sites is 1. The minimum Gasteiger partial charge on any atom is -0.366 e. The average molecular weight is 538 g/mol. The van der Waals surface area contributed by atoms with Crippen LogP contribution in [0.25, 0.3) is 6.08 Å². The number of rotatable bonds is 7. The molecule has 0 saturated carbocycles. The van der Waals surface area contributed by atoms with Crippen LogP contribution in [0.2, 0.25) is 0 Å². The Hall–Kier alpha value is -3.31. The summed E-state index contributed by atoms with van der Waals surface area (Å²) >= 11 is 1.48. The van der Waals surface area contributed by atoms with Gasteiger partial charge in [-0.05, 0) is 110 Å². The van der Waals surface area contributed by atoms with Crippen LogP contribution < -0.4 is 4.90 Å². The maximum atomic E-state index is 13.8. The first-order chi connectivity index (χ1) is 18.8. The molecule has 0 radical (unpaired) electrons. The summed E-state index contributed by atoms with van der Waals surface area (Å²) in [6.45, 7) is 13.1. The number of hydrogen-bond donors (Lipinski definition) is 0. The number of anilines is 1. The van der Waals surface area contributed by atoms with Gasteiger partial charge in [0.25, 0.3) is 5.91 Å². The Labute approximate surface area is 237 Å². The van der Waals surface area contributed by atoms with E-state index in [1.54, 1.807) is 0 Å². The van der Waals surface area contributed by atoms with Crippen LogP contribution in [0.4, 0.5) is 11.4 Å². The van der Waals surface area contributed by atoms with Gasteiger partial charge in [-0.15, -0.1) is 0 Å². The number of amides is 1. The molecule has 202 valence electrons. The van der Waals surface area contributed by atoms with E-state index in [2.05, 4.69) is 69.9 Å². The van der Waals surface area contributed by atoms with Gasteiger partial charge >= 0.3 is 0 Å². The van der Waals surface area contributed by atoms with Crippen molar-refractivity contribution in [3.05, 3.63) is 100.0 Å². The number of aliphatic imine (C=N–C) groups is 1. The zero-order chi connectivity index (χ0) is 27.6. The molecular formula is C34H39N3OS. The third-order valence-corrected chi connectivity index (χ3v) is 8.85. The van der Waals surface area contributed by atoms with E-state index < -0.39 is 0 Å². The Morgan fingerprint density at radius 1 is 1.03 bits per heavy atom. The van der Waals surface area contributed by atoms with Crippen molar-refractivity contribution in [2.24, 2.45) is 4.99 Å². The monoisotopic (exact) mass is 537 g/mol. The molecule has 2 heterocycles. The van der Waals surface area contributed by atoms with Crippen molar-refractivity contribution in [1.29, 1.82) is 0 Å². The van der Waals surface area contributed by atoms with Gasteiger partial charge in [-0.2, -0.15) is 0 Å². The van der Waals surface area contributed by atoms with Gasteiger partial charge in [0.1, 0.15) is 0 Å². The lowest BCUT2D eigenvalue weighted by Gasteiger charge is -2.48.